The van der Waals surface area contributed by atoms with Gasteiger partial charge in [-0.15, -0.1) is 0 Å². The molecule has 4 N–H and O–H groups in total. The minimum absolute atomic E-state index is 0.527. The maximum atomic E-state index is 10.9. The Morgan fingerprint density at radius 1 is 1.52 bits per heavy atom. The van der Waals surface area contributed by atoms with Crippen LogP contribution >= 0.6 is 0 Å². The summed E-state index contributed by atoms with van der Waals surface area (Å²) in [5.74, 6) is 0. The number of nitrogen functional groups attached to an aromatic ring is 1. The second-order valence-corrected chi connectivity index (χ2v) is 5.62. The SMILES string of the molecule is CN(C(=O)O)c1ccc(NC[C@H]2CCCCN2C)c(N)c1. The number of hydrogen-bond donors (Lipinski definition) is 3. The molecule has 1 amide bonds. The van der Waals surface area contributed by atoms with Crippen LogP contribution in [0.3, 0.4) is 0 Å². The Morgan fingerprint density at radius 2 is 2.29 bits per heavy atom. The highest BCUT2D eigenvalue weighted by molar-refractivity contribution is 5.87. The summed E-state index contributed by atoms with van der Waals surface area (Å²) in [6.45, 7) is 2.00. The van der Waals surface area contributed by atoms with Crippen LogP contribution in [0.2, 0.25) is 0 Å². The van der Waals surface area contributed by atoms with E-state index in [2.05, 4.69) is 17.3 Å². The van der Waals surface area contributed by atoms with Gasteiger partial charge in [0.05, 0.1) is 11.4 Å². The lowest BCUT2D eigenvalue weighted by Gasteiger charge is -2.32. The second kappa shape index (κ2) is 6.67. The zero-order chi connectivity index (χ0) is 15.4. The van der Waals surface area contributed by atoms with Gasteiger partial charge in [0.25, 0.3) is 0 Å². The Kier molecular flexibility index (Phi) is 4.90. The van der Waals surface area contributed by atoms with Crippen LogP contribution in [0.1, 0.15) is 19.3 Å². The highest BCUT2D eigenvalue weighted by atomic mass is 16.4. The molecule has 0 radical (unpaired) electrons. The van der Waals surface area contributed by atoms with E-state index in [1.807, 2.05) is 6.07 Å². The van der Waals surface area contributed by atoms with Gasteiger partial charge in [-0.25, -0.2) is 4.79 Å². The monoisotopic (exact) mass is 292 g/mol. The zero-order valence-corrected chi connectivity index (χ0v) is 12.7. The molecule has 6 heteroatoms. The molecular formula is C15H24N4O2. The molecule has 1 aliphatic rings. The first-order valence-electron chi connectivity index (χ1n) is 7.29. The number of hydrogen-bond acceptors (Lipinski definition) is 4. The molecule has 0 aliphatic carbocycles. The average molecular weight is 292 g/mol. The molecule has 1 aromatic rings. The van der Waals surface area contributed by atoms with Crippen LogP contribution < -0.4 is 16.0 Å². The van der Waals surface area contributed by atoms with Gasteiger partial charge in [-0.2, -0.15) is 0 Å². The average Bonchev–Trinajstić information content (AvgIpc) is 2.46. The van der Waals surface area contributed by atoms with E-state index in [-0.39, 0.29) is 0 Å². The highest BCUT2D eigenvalue weighted by Crippen LogP contribution is 2.25. The summed E-state index contributed by atoms with van der Waals surface area (Å²) in [5, 5.41) is 12.3. The molecule has 1 aliphatic heterocycles. The van der Waals surface area contributed by atoms with E-state index in [0.29, 0.717) is 17.4 Å². The van der Waals surface area contributed by atoms with Crippen molar-refractivity contribution >= 4 is 23.2 Å². The molecule has 0 unspecified atom stereocenters. The van der Waals surface area contributed by atoms with Crippen molar-refractivity contribution < 1.29 is 9.90 Å². The molecule has 1 aromatic carbocycles. The quantitative estimate of drug-likeness (QED) is 0.742. The predicted octanol–water partition coefficient (Wildman–Crippen LogP) is 2.28. The molecule has 0 bridgehead atoms. The third-order valence-electron chi connectivity index (χ3n) is 4.16. The van der Waals surface area contributed by atoms with E-state index >= 15 is 0 Å². The van der Waals surface area contributed by atoms with Crippen LogP contribution in [-0.4, -0.2) is 49.3 Å². The molecule has 21 heavy (non-hydrogen) atoms. The fourth-order valence-corrected chi connectivity index (χ4v) is 2.66. The van der Waals surface area contributed by atoms with Crippen LogP contribution in [0.15, 0.2) is 18.2 Å². The minimum Gasteiger partial charge on any atom is -0.465 e. The number of piperidine rings is 1. The molecular weight excluding hydrogens is 268 g/mol. The summed E-state index contributed by atoms with van der Waals surface area (Å²) in [6, 6.07) is 5.81. The number of rotatable bonds is 4. The maximum Gasteiger partial charge on any atom is 0.411 e. The molecule has 1 atom stereocenters. The summed E-state index contributed by atoms with van der Waals surface area (Å²) >= 11 is 0. The topological polar surface area (TPSA) is 81.8 Å². The van der Waals surface area contributed by atoms with E-state index in [4.69, 9.17) is 10.8 Å². The Bertz CT molecular complexity index is 506. The lowest BCUT2D eigenvalue weighted by molar-refractivity contribution is 0.194. The van der Waals surface area contributed by atoms with Gasteiger partial charge in [0.1, 0.15) is 0 Å². The van der Waals surface area contributed by atoms with Crippen molar-refractivity contribution in [3.8, 4) is 0 Å². The second-order valence-electron chi connectivity index (χ2n) is 5.62. The molecule has 6 nitrogen and oxygen atoms in total. The Morgan fingerprint density at radius 3 is 2.90 bits per heavy atom. The molecule has 0 spiro atoms. The Labute approximate surface area is 125 Å². The molecule has 1 heterocycles. The smallest absolute Gasteiger partial charge is 0.411 e. The van der Waals surface area contributed by atoms with E-state index in [1.165, 1.54) is 26.3 Å². The Balaban J connectivity index is 1.99. The maximum absolute atomic E-state index is 10.9. The van der Waals surface area contributed by atoms with Crippen LogP contribution in [0, 0.1) is 0 Å². The number of nitrogens with zero attached hydrogens (tertiary/aromatic N) is 2. The number of anilines is 3. The third kappa shape index (κ3) is 3.78. The van der Waals surface area contributed by atoms with Crippen LogP contribution in [0.4, 0.5) is 21.9 Å². The molecule has 0 aromatic heterocycles. The molecule has 1 saturated heterocycles. The molecule has 2 rings (SSSR count). The lowest BCUT2D eigenvalue weighted by Crippen LogP contribution is -2.40. The standard InChI is InChI=1S/C15H24N4O2/c1-18-8-4-3-5-12(18)10-17-14-7-6-11(9-13(14)16)19(2)15(20)21/h6-7,9,12,17H,3-5,8,10,16H2,1-2H3,(H,20,21)/t12-/m1/s1. The third-order valence-corrected chi connectivity index (χ3v) is 4.16. The first-order valence-corrected chi connectivity index (χ1v) is 7.29. The van der Waals surface area contributed by atoms with Gasteiger partial charge in [0.2, 0.25) is 0 Å². The number of carboxylic acid groups (broad SMARTS) is 1. The number of nitrogens with two attached hydrogens (primary N) is 1. The summed E-state index contributed by atoms with van der Waals surface area (Å²) < 4.78 is 0. The predicted molar refractivity (Wildman–Crippen MR) is 86.0 cm³/mol. The first kappa shape index (κ1) is 15.4. The van der Waals surface area contributed by atoms with Crippen molar-refractivity contribution in [1.82, 2.24) is 4.90 Å². The van der Waals surface area contributed by atoms with Gasteiger partial charge in [0.15, 0.2) is 0 Å². The summed E-state index contributed by atoms with van der Waals surface area (Å²) in [5.41, 5.74) is 8.01. The van der Waals surface area contributed by atoms with Crippen molar-refractivity contribution in [3.63, 3.8) is 0 Å². The van der Waals surface area contributed by atoms with E-state index in [1.54, 1.807) is 12.1 Å². The van der Waals surface area contributed by atoms with Gasteiger partial charge in [-0.3, -0.25) is 4.90 Å². The number of carbonyl (C=O) groups is 1. The number of nitrogens with one attached hydrogen (secondary N) is 1. The van der Waals surface area contributed by atoms with Crippen molar-refractivity contribution in [2.75, 3.05) is 43.1 Å². The molecule has 1 fully saturated rings. The van der Waals surface area contributed by atoms with E-state index < -0.39 is 6.09 Å². The van der Waals surface area contributed by atoms with Gasteiger partial charge >= 0.3 is 6.09 Å². The van der Waals surface area contributed by atoms with Crippen LogP contribution in [-0.2, 0) is 0 Å². The van der Waals surface area contributed by atoms with Gasteiger partial charge in [-0.1, -0.05) is 6.42 Å². The minimum atomic E-state index is -1.00. The fraction of sp³-hybridized carbons (Fsp3) is 0.533. The van der Waals surface area contributed by atoms with E-state index in [0.717, 1.165) is 23.7 Å². The van der Waals surface area contributed by atoms with Crippen molar-refractivity contribution in [2.24, 2.45) is 0 Å². The van der Waals surface area contributed by atoms with Gasteiger partial charge in [0, 0.05) is 25.3 Å². The number of benzene rings is 1. The lowest BCUT2D eigenvalue weighted by atomic mass is 10.0. The van der Waals surface area contributed by atoms with Crippen molar-refractivity contribution in [2.45, 2.75) is 25.3 Å². The van der Waals surface area contributed by atoms with Crippen molar-refractivity contribution in [1.29, 1.82) is 0 Å². The van der Waals surface area contributed by atoms with Crippen LogP contribution in [0.5, 0.6) is 0 Å². The number of amides is 1. The van der Waals surface area contributed by atoms with Crippen LogP contribution in [0.25, 0.3) is 0 Å². The molecule has 116 valence electrons. The first-order chi connectivity index (χ1) is 9.99. The number of likely N-dealkylation sites (N-methyl/N-ethyl adjacent to an activating group) is 1. The van der Waals surface area contributed by atoms with E-state index in [9.17, 15) is 4.79 Å². The summed E-state index contributed by atoms with van der Waals surface area (Å²) in [6.07, 6.45) is 2.74. The fourth-order valence-electron chi connectivity index (χ4n) is 2.66. The van der Waals surface area contributed by atoms with Gasteiger partial charge < -0.3 is 21.1 Å². The highest BCUT2D eigenvalue weighted by Gasteiger charge is 2.18. The zero-order valence-electron chi connectivity index (χ0n) is 12.7. The molecule has 0 saturated carbocycles. The summed E-state index contributed by atoms with van der Waals surface area (Å²) in [7, 11) is 3.65. The Hall–Kier alpha value is -1.95. The normalized spacial score (nSPS) is 19.2. The largest absolute Gasteiger partial charge is 0.465 e. The number of likely N-dealkylation sites (tertiary alicyclic amines) is 1. The summed E-state index contributed by atoms with van der Waals surface area (Å²) in [4.78, 5) is 14.5. The van der Waals surface area contributed by atoms with Crippen molar-refractivity contribution in [3.05, 3.63) is 18.2 Å². The van der Waals surface area contributed by atoms with Gasteiger partial charge in [-0.05, 0) is 44.6 Å².